The number of rotatable bonds is 5. The standard InChI is InChI=1S/C10H12N7O8P/c11-16-15-10(17-3-14-5-8(17)12-2-13-9(5)20)7(19)6(18)4(25-10)1-24-26(21,22)23/h2-4,6-7,18-19H,1H2,(H,12,13,20)(H2,21,22,23)/t4-,6-,7-,10+/m1/s1. The second-order valence-corrected chi connectivity index (χ2v) is 6.48. The predicted molar refractivity (Wildman–Crippen MR) is 80.2 cm³/mol. The van der Waals surface area contributed by atoms with Gasteiger partial charge >= 0.3 is 7.82 Å². The lowest BCUT2D eigenvalue weighted by Crippen LogP contribution is -2.43. The Morgan fingerprint density at radius 2 is 2.23 bits per heavy atom. The van der Waals surface area contributed by atoms with Crippen molar-refractivity contribution in [2.75, 3.05) is 6.61 Å². The number of hydrogen-bond acceptors (Lipinski definition) is 9. The highest BCUT2D eigenvalue weighted by Crippen LogP contribution is 2.41. The first-order chi connectivity index (χ1) is 12.2. The zero-order chi connectivity index (χ0) is 19.1. The first-order valence-electron chi connectivity index (χ1n) is 6.91. The Kier molecular flexibility index (Phi) is 4.56. The van der Waals surface area contributed by atoms with Gasteiger partial charge in [0, 0.05) is 4.91 Å². The molecule has 0 amide bonds. The van der Waals surface area contributed by atoms with Crippen molar-refractivity contribution in [3.05, 3.63) is 33.5 Å². The molecule has 0 bridgehead atoms. The maximum atomic E-state index is 11.8. The number of hydrogen-bond donors (Lipinski definition) is 5. The molecule has 1 saturated heterocycles. The van der Waals surface area contributed by atoms with Crippen LogP contribution in [0.15, 0.2) is 22.6 Å². The Morgan fingerprint density at radius 3 is 2.88 bits per heavy atom. The molecule has 1 aliphatic rings. The number of H-pyrrole nitrogens is 1. The lowest BCUT2D eigenvalue weighted by molar-refractivity contribution is -0.140. The van der Waals surface area contributed by atoms with Crippen LogP contribution in [0.5, 0.6) is 0 Å². The van der Waals surface area contributed by atoms with E-state index in [1.165, 1.54) is 0 Å². The maximum absolute atomic E-state index is 11.8. The second-order valence-electron chi connectivity index (χ2n) is 5.24. The molecular formula is C10H12N7O8P. The number of nitrogens with one attached hydrogen (secondary N) is 1. The molecule has 5 N–H and O–H groups in total. The zero-order valence-corrected chi connectivity index (χ0v) is 13.5. The Balaban J connectivity index is 2.07. The van der Waals surface area contributed by atoms with E-state index < -0.39 is 44.1 Å². The number of aliphatic hydroxyl groups excluding tert-OH is 2. The average Bonchev–Trinajstić information content (AvgIpc) is 3.10. The van der Waals surface area contributed by atoms with Crippen molar-refractivity contribution in [3.63, 3.8) is 0 Å². The van der Waals surface area contributed by atoms with Crippen molar-refractivity contribution in [1.29, 1.82) is 0 Å². The van der Waals surface area contributed by atoms with Gasteiger partial charge in [-0.3, -0.25) is 13.9 Å². The molecule has 0 spiro atoms. The molecule has 0 aromatic carbocycles. The number of aliphatic hydroxyl groups is 2. The Morgan fingerprint density at radius 1 is 1.50 bits per heavy atom. The zero-order valence-electron chi connectivity index (χ0n) is 12.6. The van der Waals surface area contributed by atoms with Crippen molar-refractivity contribution in [3.8, 4) is 0 Å². The number of azide groups is 1. The Labute approximate surface area is 142 Å². The van der Waals surface area contributed by atoms with E-state index in [1.807, 2.05) is 0 Å². The van der Waals surface area contributed by atoms with Gasteiger partial charge in [-0.25, -0.2) is 14.5 Å². The summed E-state index contributed by atoms with van der Waals surface area (Å²) in [4.78, 5) is 41.8. The highest BCUT2D eigenvalue weighted by atomic mass is 31.2. The number of nitrogens with zero attached hydrogens (tertiary/aromatic N) is 6. The molecule has 2 aromatic rings. The molecule has 1 fully saturated rings. The van der Waals surface area contributed by atoms with Gasteiger partial charge in [0.1, 0.15) is 18.3 Å². The highest BCUT2D eigenvalue weighted by molar-refractivity contribution is 7.46. The summed E-state index contributed by atoms with van der Waals surface area (Å²) in [6.45, 7) is -0.814. The van der Waals surface area contributed by atoms with Gasteiger partial charge in [0.2, 0.25) is 0 Å². The van der Waals surface area contributed by atoms with E-state index >= 15 is 0 Å². The van der Waals surface area contributed by atoms with Crippen LogP contribution in [-0.2, 0) is 19.7 Å². The molecule has 0 aliphatic carbocycles. The number of fused-ring (bicyclic) bond motifs is 1. The van der Waals surface area contributed by atoms with Gasteiger partial charge in [-0.15, -0.1) is 0 Å². The molecule has 2 aromatic heterocycles. The first-order valence-corrected chi connectivity index (χ1v) is 8.44. The van der Waals surface area contributed by atoms with Crippen LogP contribution in [0.2, 0.25) is 0 Å². The number of ether oxygens (including phenoxy) is 1. The molecule has 16 heteroatoms. The summed E-state index contributed by atoms with van der Waals surface area (Å²) in [7, 11) is -4.88. The normalized spacial score (nSPS) is 29.0. The minimum absolute atomic E-state index is 0.121. The van der Waals surface area contributed by atoms with Crippen molar-refractivity contribution >= 4 is 19.0 Å². The lowest BCUT2D eigenvalue weighted by Gasteiger charge is -2.28. The topological polar surface area (TPSA) is 229 Å². The molecule has 26 heavy (non-hydrogen) atoms. The number of aromatic nitrogens is 4. The first kappa shape index (κ1) is 18.4. The largest absolute Gasteiger partial charge is 0.469 e. The van der Waals surface area contributed by atoms with Crippen molar-refractivity contribution in [2.45, 2.75) is 24.2 Å². The van der Waals surface area contributed by atoms with Gasteiger partial charge in [-0.1, -0.05) is 0 Å². The van der Waals surface area contributed by atoms with Crippen LogP contribution in [0.25, 0.3) is 21.6 Å². The van der Waals surface area contributed by atoms with Crippen LogP contribution in [0.1, 0.15) is 0 Å². The van der Waals surface area contributed by atoms with Gasteiger partial charge in [0.15, 0.2) is 11.2 Å². The van der Waals surface area contributed by atoms with Gasteiger partial charge in [-0.05, 0) is 10.6 Å². The fourth-order valence-electron chi connectivity index (χ4n) is 2.57. The van der Waals surface area contributed by atoms with Gasteiger partial charge in [0.05, 0.1) is 19.3 Å². The van der Waals surface area contributed by atoms with E-state index in [-0.39, 0.29) is 11.2 Å². The summed E-state index contributed by atoms with van der Waals surface area (Å²) in [5.41, 5.74) is 7.99. The fraction of sp³-hybridized carbons (Fsp3) is 0.500. The third-order valence-electron chi connectivity index (χ3n) is 3.69. The molecule has 3 rings (SSSR count). The molecule has 3 heterocycles. The number of aromatic amines is 1. The van der Waals surface area contributed by atoms with E-state index in [2.05, 4.69) is 29.5 Å². The van der Waals surface area contributed by atoms with E-state index in [0.29, 0.717) is 0 Å². The van der Waals surface area contributed by atoms with Crippen LogP contribution in [0.3, 0.4) is 0 Å². The third kappa shape index (κ3) is 2.98. The molecule has 4 atom stereocenters. The summed E-state index contributed by atoms with van der Waals surface area (Å²) >= 11 is 0. The van der Waals surface area contributed by atoms with Crippen molar-refractivity contribution in [2.24, 2.45) is 5.11 Å². The van der Waals surface area contributed by atoms with Crippen molar-refractivity contribution < 1.29 is 33.8 Å². The van der Waals surface area contributed by atoms with Crippen LogP contribution in [0.4, 0.5) is 0 Å². The van der Waals surface area contributed by atoms with E-state index in [4.69, 9.17) is 20.1 Å². The maximum Gasteiger partial charge on any atom is 0.469 e. The third-order valence-corrected chi connectivity index (χ3v) is 4.18. The molecule has 0 unspecified atom stereocenters. The second kappa shape index (κ2) is 6.42. The summed E-state index contributed by atoms with van der Waals surface area (Å²) in [6, 6.07) is 0. The summed E-state index contributed by atoms with van der Waals surface area (Å²) in [5, 5.41) is 23.9. The summed E-state index contributed by atoms with van der Waals surface area (Å²) in [5.74, 6) is -2.31. The van der Waals surface area contributed by atoms with Crippen LogP contribution in [-0.4, -0.2) is 64.4 Å². The number of imidazole rings is 1. The Bertz CT molecular complexity index is 979. The van der Waals surface area contributed by atoms with Gasteiger partial charge in [-0.2, -0.15) is 0 Å². The van der Waals surface area contributed by atoms with Crippen LogP contribution in [0, 0.1) is 0 Å². The monoisotopic (exact) mass is 389 g/mol. The lowest BCUT2D eigenvalue weighted by atomic mass is 10.1. The average molecular weight is 389 g/mol. The molecule has 0 radical (unpaired) electrons. The minimum Gasteiger partial charge on any atom is -0.387 e. The van der Waals surface area contributed by atoms with Crippen molar-refractivity contribution in [1.82, 2.24) is 19.5 Å². The quantitative estimate of drug-likeness (QED) is 0.168. The summed E-state index contributed by atoms with van der Waals surface area (Å²) < 4.78 is 21.4. The van der Waals surface area contributed by atoms with E-state index in [0.717, 1.165) is 17.2 Å². The molecule has 1 aliphatic heterocycles. The molecular weight excluding hydrogens is 377 g/mol. The molecule has 0 saturated carbocycles. The highest BCUT2D eigenvalue weighted by Gasteiger charge is 2.56. The number of phosphoric ester groups is 1. The SMILES string of the molecule is [N-]=[N+]=N[C@@]1(n2cnc3c(=O)[nH]cnc32)O[C@H](COP(=O)(O)O)[C@@H](O)[C@H]1O. The van der Waals surface area contributed by atoms with E-state index in [1.54, 1.807) is 0 Å². The van der Waals surface area contributed by atoms with Crippen LogP contribution < -0.4 is 5.56 Å². The smallest absolute Gasteiger partial charge is 0.387 e. The Hall–Kier alpha value is -2.35. The van der Waals surface area contributed by atoms with Crippen LogP contribution >= 0.6 is 7.82 Å². The van der Waals surface area contributed by atoms with Gasteiger partial charge in [0.25, 0.3) is 11.4 Å². The minimum atomic E-state index is -4.88. The molecule has 15 nitrogen and oxygen atoms in total. The summed E-state index contributed by atoms with van der Waals surface area (Å²) in [6.07, 6.45) is -3.06. The van der Waals surface area contributed by atoms with Gasteiger partial charge < -0.3 is 29.7 Å². The number of phosphoric acid groups is 1. The van der Waals surface area contributed by atoms with E-state index in [9.17, 15) is 19.6 Å². The predicted octanol–water partition coefficient (Wildman–Crippen LogP) is -1.73. The fourth-order valence-corrected chi connectivity index (χ4v) is 2.91. The molecule has 140 valence electrons.